The molecular weight excluding hydrogens is 494 g/mol. The molecule has 0 aliphatic carbocycles. The summed E-state index contributed by atoms with van der Waals surface area (Å²) in [6.45, 7) is 0. The Morgan fingerprint density at radius 3 is 0.692 bits per heavy atom. The van der Waals surface area contributed by atoms with Crippen molar-refractivity contribution in [2.24, 2.45) is 0 Å². The molecule has 0 aromatic carbocycles. The van der Waals surface area contributed by atoms with Crippen LogP contribution in [0.2, 0.25) is 0 Å². The van der Waals surface area contributed by atoms with Crippen LogP contribution in [0.15, 0.2) is 0 Å². The molecule has 18 heteroatoms. The predicted octanol–water partition coefficient (Wildman–Crippen LogP) is 5.12. The van der Waals surface area contributed by atoms with Gasteiger partial charge in [0, 0.05) is 0 Å². The Bertz CT molecular complexity index is 474. The van der Waals surface area contributed by atoms with Crippen LogP contribution in [0.4, 0.5) is 74.6 Å². The molecule has 0 heterocycles. The predicted molar refractivity (Wildman–Crippen MR) is 46.4 cm³/mol. The Balaban J connectivity index is 6.61. The van der Waals surface area contributed by atoms with Gasteiger partial charge in [-0.05, 0) is 0 Å². The number of alkyl halides is 17. The molecule has 0 aromatic rings. The molecule has 0 spiro atoms. The first-order valence-electron chi connectivity index (χ1n) is 5.19. The van der Waals surface area contributed by atoms with Crippen molar-refractivity contribution in [2.75, 3.05) is 0 Å². The van der Waals surface area contributed by atoms with Crippen molar-refractivity contribution in [3.05, 3.63) is 0 Å². The van der Waals surface area contributed by atoms with E-state index in [9.17, 15) is 74.6 Å². The number of hydrogen-bond acceptors (Lipinski definition) is 0. The quantitative estimate of drug-likeness (QED) is 0.356. The van der Waals surface area contributed by atoms with Crippen molar-refractivity contribution in [1.82, 2.24) is 0 Å². The fourth-order valence-electron chi connectivity index (χ4n) is 1.16. The van der Waals surface area contributed by atoms with Gasteiger partial charge < -0.3 is 0 Å². The molecule has 0 amide bonds. The van der Waals surface area contributed by atoms with Crippen molar-refractivity contribution < 1.29 is 74.6 Å². The van der Waals surface area contributed by atoms with Gasteiger partial charge in [-0.25, -0.2) is 0 Å². The second kappa shape index (κ2) is 5.93. The zero-order valence-electron chi connectivity index (χ0n) is 10.9. The van der Waals surface area contributed by atoms with Gasteiger partial charge >= 0.3 is 138 Å². The zero-order valence-corrected chi connectivity index (χ0v) is 12.7. The summed E-state index contributed by atoms with van der Waals surface area (Å²) in [5.74, 6) is -49.4. The third-order valence-corrected chi connectivity index (χ3v) is 3.29. The molecule has 0 unspecified atom stereocenters. The Morgan fingerprint density at radius 2 is 0.500 bits per heavy atom. The monoisotopic (exact) mass is 494 g/mol. The summed E-state index contributed by atoms with van der Waals surface area (Å²) in [7, 11) is 0. The van der Waals surface area contributed by atoms with Crippen LogP contribution in [0.25, 0.3) is 0 Å². The van der Waals surface area contributed by atoms with E-state index in [4.69, 9.17) is 0 Å². The zero-order chi connectivity index (χ0) is 22.0. The van der Waals surface area contributed by atoms with Gasteiger partial charge in [-0.15, -0.1) is 0 Å². The molecule has 0 aliphatic rings. The van der Waals surface area contributed by atoms with Crippen LogP contribution in [0.5, 0.6) is 0 Å². The van der Waals surface area contributed by atoms with Crippen LogP contribution in [0.1, 0.15) is 0 Å². The van der Waals surface area contributed by atoms with E-state index in [0.717, 1.165) is 0 Å². The van der Waals surface area contributed by atoms with Crippen LogP contribution < -0.4 is 0 Å². The fourth-order valence-corrected chi connectivity index (χ4v) is 1.45. The molecule has 0 aliphatic heterocycles. The molecule has 0 saturated carbocycles. The van der Waals surface area contributed by atoms with Crippen molar-refractivity contribution in [1.29, 1.82) is 0 Å². The number of rotatable bonds is 6. The molecule has 26 heavy (non-hydrogen) atoms. The molecule has 0 bridgehead atoms. The maximum absolute atomic E-state index is 12.9. The van der Waals surface area contributed by atoms with E-state index in [2.05, 4.69) is 0 Å². The first-order chi connectivity index (χ1) is 10.8. The number of halogens is 17. The standard InChI is InChI=1S/C8AsF17/c9-7(22,23)5(18,19)3(14,15)1(10,11)2(12,13)4(16,17)6(20,21)8(24,25)26/q+1. The van der Waals surface area contributed by atoms with E-state index in [1.165, 1.54) is 0 Å². The minimum absolute atomic E-state index is 0.715. The normalized spacial score (nSPS) is 16.8. The van der Waals surface area contributed by atoms with E-state index in [1.807, 2.05) is 0 Å². The molecule has 0 nitrogen and oxygen atoms in total. The van der Waals surface area contributed by atoms with E-state index >= 15 is 0 Å². The van der Waals surface area contributed by atoms with Crippen molar-refractivity contribution >= 4 is 16.9 Å². The summed E-state index contributed by atoms with van der Waals surface area (Å²) in [5, 5.41) is 0. The summed E-state index contributed by atoms with van der Waals surface area (Å²) in [6, 6.07) is 0. The summed E-state index contributed by atoms with van der Waals surface area (Å²) >= 11 is -0.715. The van der Waals surface area contributed by atoms with E-state index < -0.39 is 63.3 Å². The van der Waals surface area contributed by atoms with Gasteiger partial charge in [0.25, 0.3) is 0 Å². The third kappa shape index (κ3) is 3.01. The molecule has 3 radical (unpaired) electrons. The van der Waals surface area contributed by atoms with Gasteiger partial charge in [-0.2, -0.15) is 0 Å². The third-order valence-electron chi connectivity index (χ3n) is 2.71. The molecule has 0 fully saturated rings. The van der Waals surface area contributed by atoms with Gasteiger partial charge in [-0.1, -0.05) is 0 Å². The van der Waals surface area contributed by atoms with Gasteiger partial charge in [0.05, 0.1) is 0 Å². The van der Waals surface area contributed by atoms with Gasteiger partial charge in [0.15, 0.2) is 0 Å². The van der Waals surface area contributed by atoms with E-state index in [0.29, 0.717) is 0 Å². The summed E-state index contributed by atoms with van der Waals surface area (Å²) in [6.07, 6.45) is -7.74. The molecule has 0 N–H and O–H groups in total. The van der Waals surface area contributed by atoms with Crippen molar-refractivity contribution in [3.8, 4) is 0 Å². The average molecular weight is 494 g/mol. The second-order valence-electron chi connectivity index (χ2n) is 4.49. The topological polar surface area (TPSA) is 0 Å². The average Bonchev–Trinajstić information content (AvgIpc) is 2.34. The SMILES string of the molecule is FC(F)(F)C(F)(F)C(F)(F)C(F)(F)C(F)(F)C(F)(F)C(F)(F)C(F)(F)[As+]. The first kappa shape index (κ1) is 25.4. The Morgan fingerprint density at radius 1 is 0.308 bits per heavy atom. The molecule has 0 saturated heterocycles. The van der Waals surface area contributed by atoms with Crippen LogP contribution in [-0.4, -0.2) is 63.3 Å². The number of hydrogen-bond donors (Lipinski definition) is 0. The first-order valence-corrected chi connectivity index (χ1v) is 6.12. The Hall–Kier alpha value is -0.632. The second-order valence-corrected chi connectivity index (χ2v) is 5.66. The fraction of sp³-hybridized carbons (Fsp3) is 1.00. The molecular formula is C8AsF17+. The van der Waals surface area contributed by atoms with E-state index in [1.54, 1.807) is 0 Å². The van der Waals surface area contributed by atoms with Crippen LogP contribution in [0.3, 0.4) is 0 Å². The molecule has 0 atom stereocenters. The Labute approximate surface area is 139 Å². The van der Waals surface area contributed by atoms with Gasteiger partial charge in [0.1, 0.15) is 0 Å². The summed E-state index contributed by atoms with van der Waals surface area (Å²) in [5.41, 5.74) is 0. The van der Waals surface area contributed by atoms with Crippen molar-refractivity contribution in [3.63, 3.8) is 0 Å². The summed E-state index contributed by atoms with van der Waals surface area (Å²) < 4.78 is 206. The molecule has 0 rings (SSSR count). The van der Waals surface area contributed by atoms with E-state index in [-0.39, 0.29) is 0 Å². The van der Waals surface area contributed by atoms with Crippen molar-refractivity contribution in [2.45, 2.75) is 46.4 Å². The summed E-state index contributed by atoms with van der Waals surface area (Å²) in [4.78, 5) is 0. The van der Waals surface area contributed by atoms with Crippen LogP contribution in [-0.2, 0) is 0 Å². The molecule has 0 aromatic heterocycles. The van der Waals surface area contributed by atoms with Crippen LogP contribution >= 0.6 is 0 Å². The maximum atomic E-state index is 12.9. The van der Waals surface area contributed by atoms with Crippen LogP contribution in [0, 0.1) is 0 Å². The van der Waals surface area contributed by atoms with Gasteiger partial charge in [0.2, 0.25) is 0 Å². The van der Waals surface area contributed by atoms with Gasteiger partial charge in [-0.3, -0.25) is 0 Å². The Kier molecular flexibility index (Phi) is 5.79. The minimum atomic E-state index is -8.57. The molecule has 155 valence electrons.